The van der Waals surface area contributed by atoms with Crippen molar-refractivity contribution in [2.75, 3.05) is 13.2 Å². The van der Waals surface area contributed by atoms with Crippen molar-refractivity contribution in [2.45, 2.75) is 89.9 Å². The van der Waals surface area contributed by atoms with Gasteiger partial charge in [-0.25, -0.2) is 0 Å². The molecule has 0 aromatic carbocycles. The van der Waals surface area contributed by atoms with Crippen molar-refractivity contribution < 1.29 is 9.22 Å². The lowest BCUT2D eigenvalue weighted by molar-refractivity contribution is -0.131. The number of fused-ring (bicyclic) bond motifs is 1. The van der Waals surface area contributed by atoms with Crippen LogP contribution < -0.4 is 0 Å². The number of hydrogen-bond acceptors (Lipinski definition) is 2. The average molecular weight is 326 g/mol. The van der Waals surface area contributed by atoms with E-state index >= 15 is 0 Å². The molecule has 0 saturated carbocycles. The van der Waals surface area contributed by atoms with Gasteiger partial charge in [0.1, 0.15) is 0 Å². The Morgan fingerprint density at radius 2 is 1.68 bits per heavy atom. The molecule has 1 amide bonds. The van der Waals surface area contributed by atoms with Gasteiger partial charge in [0.05, 0.1) is 0 Å². The quantitative estimate of drug-likeness (QED) is 0.669. The minimum absolute atomic E-state index is 0.370. The van der Waals surface area contributed by atoms with Crippen molar-refractivity contribution in [3.8, 4) is 0 Å². The van der Waals surface area contributed by atoms with E-state index in [-0.39, 0.29) is 0 Å². The minimum atomic E-state index is -1.78. The molecule has 2 fully saturated rings. The van der Waals surface area contributed by atoms with Gasteiger partial charge in [0, 0.05) is 31.5 Å². The summed E-state index contributed by atoms with van der Waals surface area (Å²) >= 11 is 0. The van der Waals surface area contributed by atoms with Crippen molar-refractivity contribution in [3.63, 3.8) is 0 Å². The molecule has 3 nitrogen and oxygen atoms in total. The first kappa shape index (κ1) is 18.0. The fraction of sp³-hybridized carbons (Fsp3) is 0.944. The van der Waals surface area contributed by atoms with Gasteiger partial charge in [0.2, 0.25) is 5.91 Å². The first-order valence-corrected chi connectivity index (χ1v) is 11.4. The molecule has 2 aliphatic rings. The van der Waals surface area contributed by atoms with Crippen LogP contribution in [0.4, 0.5) is 0 Å². The molecule has 2 heterocycles. The highest BCUT2D eigenvalue weighted by Gasteiger charge is 2.46. The van der Waals surface area contributed by atoms with E-state index in [0.717, 1.165) is 32.4 Å². The fourth-order valence-corrected chi connectivity index (χ4v) is 10.7. The monoisotopic (exact) mass is 325 g/mol. The molecule has 0 spiro atoms. The summed E-state index contributed by atoms with van der Waals surface area (Å²) in [6.07, 6.45) is 4.18. The molecule has 0 radical (unpaired) electrons. The highest BCUT2D eigenvalue weighted by molar-refractivity contribution is 6.77. The van der Waals surface area contributed by atoms with E-state index in [0.29, 0.717) is 34.5 Å². The lowest BCUT2D eigenvalue weighted by Crippen LogP contribution is -2.51. The van der Waals surface area contributed by atoms with Crippen LogP contribution in [0.15, 0.2) is 0 Å². The Balaban J connectivity index is 2.07. The van der Waals surface area contributed by atoms with Gasteiger partial charge in [0.25, 0.3) is 0 Å². The second-order valence-corrected chi connectivity index (χ2v) is 13.7. The zero-order valence-corrected chi connectivity index (χ0v) is 16.4. The molecule has 2 rings (SSSR count). The predicted molar refractivity (Wildman–Crippen MR) is 94.5 cm³/mol. The molecule has 0 bridgehead atoms. The van der Waals surface area contributed by atoms with E-state index in [1.807, 2.05) is 0 Å². The molecule has 0 aromatic rings. The summed E-state index contributed by atoms with van der Waals surface area (Å²) in [6.45, 7) is 15.9. The third-order valence-corrected chi connectivity index (χ3v) is 12.2. The van der Waals surface area contributed by atoms with Gasteiger partial charge in [-0.05, 0) is 35.9 Å². The van der Waals surface area contributed by atoms with Crippen LogP contribution in [0.3, 0.4) is 0 Å². The van der Waals surface area contributed by atoms with Crippen molar-refractivity contribution >= 4 is 14.2 Å². The average Bonchev–Trinajstić information content (AvgIpc) is 2.81. The third-order valence-electron chi connectivity index (χ3n) is 6.15. The van der Waals surface area contributed by atoms with Gasteiger partial charge in [-0.2, -0.15) is 0 Å². The van der Waals surface area contributed by atoms with E-state index in [1.165, 1.54) is 6.42 Å². The summed E-state index contributed by atoms with van der Waals surface area (Å²) in [5.41, 5.74) is 1.91. The maximum atomic E-state index is 12.0. The second kappa shape index (κ2) is 7.04. The number of carbonyl (C=O) groups excluding carboxylic acids is 1. The molecule has 0 aliphatic carbocycles. The van der Waals surface area contributed by atoms with Crippen LogP contribution >= 0.6 is 0 Å². The van der Waals surface area contributed by atoms with Crippen molar-refractivity contribution in [1.29, 1.82) is 0 Å². The molecule has 0 aromatic heterocycles. The van der Waals surface area contributed by atoms with Crippen LogP contribution in [0.2, 0.25) is 16.6 Å². The van der Waals surface area contributed by atoms with Gasteiger partial charge in [-0.1, -0.05) is 41.5 Å². The van der Waals surface area contributed by atoms with Crippen LogP contribution in [-0.2, 0) is 9.22 Å². The molecule has 2 saturated heterocycles. The van der Waals surface area contributed by atoms with Crippen molar-refractivity contribution in [1.82, 2.24) is 4.90 Å². The Labute approximate surface area is 137 Å². The Kier molecular flexibility index (Phi) is 5.76. The standard InChI is InChI=1S/C18H35NO2Si/c1-13(2)22(14(3)4,15(5)6)21-12-16-8-7-11-19-17(16)9-10-18(19)20/h13-17H,7-12H2,1-6H3/t16-,17+/m1/s1. The summed E-state index contributed by atoms with van der Waals surface area (Å²) in [5, 5.41) is 0. The zero-order valence-electron chi connectivity index (χ0n) is 15.4. The van der Waals surface area contributed by atoms with Crippen LogP contribution in [0.1, 0.15) is 67.2 Å². The largest absolute Gasteiger partial charge is 0.416 e. The zero-order chi connectivity index (χ0) is 16.5. The highest BCUT2D eigenvalue weighted by Crippen LogP contribution is 2.43. The summed E-state index contributed by atoms with van der Waals surface area (Å²) in [4.78, 5) is 14.1. The van der Waals surface area contributed by atoms with Gasteiger partial charge >= 0.3 is 0 Å². The molecule has 128 valence electrons. The highest BCUT2D eigenvalue weighted by atomic mass is 28.4. The number of amides is 1. The van der Waals surface area contributed by atoms with Crippen molar-refractivity contribution in [3.05, 3.63) is 0 Å². The minimum Gasteiger partial charge on any atom is -0.416 e. The maximum absolute atomic E-state index is 12.0. The van der Waals surface area contributed by atoms with E-state index in [2.05, 4.69) is 46.4 Å². The molecule has 0 unspecified atom stereocenters. The third kappa shape index (κ3) is 3.14. The Bertz CT molecular complexity index is 373. The normalized spacial score (nSPS) is 26.4. The fourth-order valence-electron chi connectivity index (χ4n) is 5.20. The van der Waals surface area contributed by atoms with Gasteiger partial charge in [-0.15, -0.1) is 0 Å². The lowest BCUT2D eigenvalue weighted by Gasteiger charge is -2.45. The van der Waals surface area contributed by atoms with E-state index < -0.39 is 8.32 Å². The summed E-state index contributed by atoms with van der Waals surface area (Å²) in [6, 6.07) is 0.458. The van der Waals surface area contributed by atoms with E-state index in [1.54, 1.807) is 0 Å². The molecular formula is C18H35NO2Si. The smallest absolute Gasteiger partial charge is 0.222 e. The van der Waals surface area contributed by atoms with E-state index in [4.69, 9.17) is 4.43 Å². The summed E-state index contributed by atoms with van der Waals surface area (Å²) in [7, 11) is -1.78. The molecule has 22 heavy (non-hydrogen) atoms. The Morgan fingerprint density at radius 1 is 1.09 bits per heavy atom. The van der Waals surface area contributed by atoms with Crippen LogP contribution in [0.5, 0.6) is 0 Å². The van der Waals surface area contributed by atoms with Crippen molar-refractivity contribution in [2.24, 2.45) is 5.92 Å². The Hall–Kier alpha value is -0.353. The molecular weight excluding hydrogens is 290 g/mol. The lowest BCUT2D eigenvalue weighted by atomic mass is 9.90. The number of rotatable bonds is 6. The number of piperidine rings is 1. The second-order valence-electron chi connectivity index (χ2n) is 8.22. The first-order valence-electron chi connectivity index (χ1n) is 9.24. The van der Waals surface area contributed by atoms with Gasteiger partial charge in [0.15, 0.2) is 8.32 Å². The SMILES string of the molecule is CC(C)[Si](OC[C@H]1CCCN2C(=O)CC[C@@H]12)(C(C)C)C(C)C. The van der Waals surface area contributed by atoms with Crippen LogP contribution in [-0.4, -0.2) is 38.3 Å². The molecule has 2 aliphatic heterocycles. The van der Waals surface area contributed by atoms with Crippen LogP contribution in [0.25, 0.3) is 0 Å². The maximum Gasteiger partial charge on any atom is 0.222 e. The summed E-state index contributed by atoms with van der Waals surface area (Å²) in [5.74, 6) is 0.929. The molecule has 2 atom stereocenters. The number of nitrogens with zero attached hydrogens (tertiary/aromatic N) is 1. The van der Waals surface area contributed by atoms with Gasteiger partial charge in [-0.3, -0.25) is 4.79 Å². The van der Waals surface area contributed by atoms with Crippen LogP contribution in [0, 0.1) is 5.92 Å². The predicted octanol–water partition coefficient (Wildman–Crippen LogP) is 4.58. The molecule has 0 N–H and O–H groups in total. The van der Waals surface area contributed by atoms with E-state index in [9.17, 15) is 4.79 Å². The van der Waals surface area contributed by atoms with Gasteiger partial charge < -0.3 is 9.33 Å². The summed E-state index contributed by atoms with van der Waals surface area (Å²) < 4.78 is 6.80. The first-order chi connectivity index (χ1) is 10.3. The topological polar surface area (TPSA) is 29.5 Å². The molecule has 4 heteroatoms. The number of carbonyl (C=O) groups is 1. The Morgan fingerprint density at radius 3 is 2.23 bits per heavy atom. The number of hydrogen-bond donors (Lipinski definition) is 0.